The van der Waals surface area contributed by atoms with Crippen molar-refractivity contribution in [1.29, 1.82) is 0 Å². The lowest BCUT2D eigenvalue weighted by atomic mass is 9.77. The van der Waals surface area contributed by atoms with E-state index in [0.717, 1.165) is 68.3 Å². The van der Waals surface area contributed by atoms with Gasteiger partial charge in [0.2, 0.25) is 5.91 Å². The Morgan fingerprint density at radius 2 is 1.47 bits per heavy atom. The molecule has 0 fully saturated rings. The van der Waals surface area contributed by atoms with Crippen LogP contribution < -0.4 is 23.8 Å². The molecule has 1 heterocycles. The Hall–Kier alpha value is -2.93. The molecule has 34 heavy (non-hydrogen) atoms. The summed E-state index contributed by atoms with van der Waals surface area (Å²) in [5, 5.41) is 0. The predicted octanol–water partition coefficient (Wildman–Crippen LogP) is 1.89. The molecule has 7 heteroatoms. The Balaban J connectivity index is 1.28. The van der Waals surface area contributed by atoms with E-state index < -0.39 is 0 Å². The van der Waals surface area contributed by atoms with Crippen molar-refractivity contribution in [1.82, 2.24) is 4.90 Å². The van der Waals surface area contributed by atoms with E-state index in [0.29, 0.717) is 18.1 Å². The number of fused-ring (bicyclic) bond motifs is 2. The topological polar surface area (TPSA) is 61.7 Å². The third-order valence-electron chi connectivity index (χ3n) is 7.23. The summed E-state index contributed by atoms with van der Waals surface area (Å²) in [6.45, 7) is 3.67. The van der Waals surface area contributed by atoms with Gasteiger partial charge in [-0.15, -0.1) is 0 Å². The summed E-state index contributed by atoms with van der Waals surface area (Å²) in [4.78, 5) is 16.4. The first-order valence-electron chi connectivity index (χ1n) is 12.0. The number of hydrogen-bond donors (Lipinski definition) is 1. The predicted molar refractivity (Wildman–Crippen MR) is 131 cm³/mol. The second-order valence-corrected chi connectivity index (χ2v) is 9.36. The minimum atomic E-state index is 0.192. The van der Waals surface area contributed by atoms with Crippen LogP contribution in [0.3, 0.4) is 0 Å². The van der Waals surface area contributed by atoms with Gasteiger partial charge in [0.15, 0.2) is 23.0 Å². The van der Waals surface area contributed by atoms with Crippen LogP contribution >= 0.6 is 0 Å². The van der Waals surface area contributed by atoms with E-state index in [4.69, 9.17) is 18.9 Å². The number of rotatable bonds is 10. The van der Waals surface area contributed by atoms with E-state index in [-0.39, 0.29) is 5.91 Å². The molecular weight excluding hydrogens is 432 g/mol. The maximum absolute atomic E-state index is 12.9. The lowest BCUT2D eigenvalue weighted by Crippen LogP contribution is -3.09. The monoisotopic (exact) mass is 469 g/mol. The summed E-state index contributed by atoms with van der Waals surface area (Å²) in [5.74, 6) is 3.76. The zero-order chi connectivity index (χ0) is 24.2. The Morgan fingerprint density at radius 1 is 0.882 bits per heavy atom. The van der Waals surface area contributed by atoms with Gasteiger partial charge in [0, 0.05) is 25.4 Å². The number of hydrogen-bond acceptors (Lipinski definition) is 5. The number of carbonyl (C=O) groups is 1. The number of nitrogens with one attached hydrogen (secondary N) is 1. The SMILES string of the molecule is COc1cc2c(cc1OC)CC(=O)N(CCC[NH+](C)C[C@H]1Cc3cc(OC)c(OC)cc31)CC2. The second kappa shape index (κ2) is 10.6. The summed E-state index contributed by atoms with van der Waals surface area (Å²) in [6.07, 6.45) is 3.34. The standard InChI is InChI=1S/C27H36N2O5/c1-28(17-21-11-20-14-25(33-4)26(34-5)16-22(20)21)8-6-9-29-10-7-18-12-23(31-2)24(32-3)13-19(18)15-27(29)30/h12-14,16,21H,6-11,15,17H2,1-5H3/p+1/t21-/m1/s1. The number of likely N-dealkylation sites (N-methyl/N-ethyl adjacent to an activating group) is 1. The normalized spacial score (nSPS) is 17.7. The summed E-state index contributed by atoms with van der Waals surface area (Å²) in [7, 11) is 8.89. The highest BCUT2D eigenvalue weighted by molar-refractivity contribution is 5.80. The van der Waals surface area contributed by atoms with Crippen molar-refractivity contribution in [3.05, 3.63) is 46.5 Å². The largest absolute Gasteiger partial charge is 0.493 e. The van der Waals surface area contributed by atoms with Crippen LogP contribution in [0.5, 0.6) is 23.0 Å². The molecule has 0 spiro atoms. The van der Waals surface area contributed by atoms with Gasteiger partial charge in [0.1, 0.15) is 0 Å². The molecule has 1 aliphatic heterocycles. The molecular formula is C27H37N2O5+. The van der Waals surface area contributed by atoms with Gasteiger partial charge in [-0.05, 0) is 59.4 Å². The molecule has 7 nitrogen and oxygen atoms in total. The van der Waals surface area contributed by atoms with Gasteiger partial charge in [0.05, 0.1) is 55.0 Å². The van der Waals surface area contributed by atoms with Crippen molar-refractivity contribution in [2.24, 2.45) is 0 Å². The number of carbonyl (C=O) groups excluding carboxylic acids is 1. The summed E-state index contributed by atoms with van der Waals surface area (Å²) >= 11 is 0. The highest BCUT2D eigenvalue weighted by atomic mass is 16.5. The van der Waals surface area contributed by atoms with Gasteiger partial charge in [-0.25, -0.2) is 0 Å². The minimum absolute atomic E-state index is 0.192. The van der Waals surface area contributed by atoms with Crippen LogP contribution in [-0.2, 0) is 24.1 Å². The second-order valence-electron chi connectivity index (χ2n) is 9.36. The highest BCUT2D eigenvalue weighted by Gasteiger charge is 2.31. The van der Waals surface area contributed by atoms with Crippen molar-refractivity contribution < 1.29 is 28.6 Å². The molecule has 0 aromatic heterocycles. The first-order valence-corrected chi connectivity index (χ1v) is 12.0. The number of methoxy groups -OCH3 is 4. The van der Waals surface area contributed by atoms with E-state index >= 15 is 0 Å². The Kier molecular flexibility index (Phi) is 7.51. The van der Waals surface area contributed by atoms with Crippen molar-refractivity contribution in [2.75, 3.05) is 61.7 Å². The van der Waals surface area contributed by atoms with E-state index in [2.05, 4.69) is 19.2 Å². The molecule has 1 aliphatic carbocycles. The fourth-order valence-electron chi connectivity index (χ4n) is 5.27. The van der Waals surface area contributed by atoms with Crippen LogP contribution in [0.4, 0.5) is 0 Å². The van der Waals surface area contributed by atoms with Gasteiger partial charge in [0.25, 0.3) is 0 Å². The van der Waals surface area contributed by atoms with Gasteiger partial charge >= 0.3 is 0 Å². The zero-order valence-corrected chi connectivity index (χ0v) is 21.0. The Bertz CT molecular complexity index is 1040. The minimum Gasteiger partial charge on any atom is -0.493 e. The first kappa shape index (κ1) is 24.2. The molecule has 4 rings (SSSR count). The zero-order valence-electron chi connectivity index (χ0n) is 21.0. The van der Waals surface area contributed by atoms with Crippen molar-refractivity contribution in [3.8, 4) is 23.0 Å². The van der Waals surface area contributed by atoms with Gasteiger partial charge in [-0.3, -0.25) is 4.79 Å². The van der Waals surface area contributed by atoms with E-state index in [1.54, 1.807) is 28.4 Å². The maximum Gasteiger partial charge on any atom is 0.227 e. The molecule has 0 bridgehead atoms. The average Bonchev–Trinajstić information content (AvgIpc) is 2.98. The van der Waals surface area contributed by atoms with Crippen LogP contribution in [0.15, 0.2) is 24.3 Å². The molecule has 2 aromatic carbocycles. The van der Waals surface area contributed by atoms with Crippen LogP contribution in [0.2, 0.25) is 0 Å². The van der Waals surface area contributed by atoms with E-state index in [9.17, 15) is 4.79 Å². The fourth-order valence-corrected chi connectivity index (χ4v) is 5.27. The van der Waals surface area contributed by atoms with Crippen molar-refractivity contribution in [2.45, 2.75) is 31.6 Å². The Labute approximate surface area is 202 Å². The van der Waals surface area contributed by atoms with Gasteiger partial charge in [-0.2, -0.15) is 0 Å². The smallest absolute Gasteiger partial charge is 0.227 e. The van der Waals surface area contributed by atoms with E-state index in [1.165, 1.54) is 21.6 Å². The molecule has 1 amide bonds. The lowest BCUT2D eigenvalue weighted by molar-refractivity contribution is -0.881. The average molecular weight is 470 g/mol. The molecule has 184 valence electrons. The number of ether oxygens (including phenoxy) is 4. The third kappa shape index (κ3) is 4.94. The van der Waals surface area contributed by atoms with Crippen molar-refractivity contribution >= 4 is 5.91 Å². The number of benzene rings is 2. The number of amides is 1. The summed E-state index contributed by atoms with van der Waals surface area (Å²) in [6, 6.07) is 8.21. The quantitative estimate of drug-likeness (QED) is 0.576. The van der Waals surface area contributed by atoms with Gasteiger partial charge < -0.3 is 28.7 Å². The van der Waals surface area contributed by atoms with Crippen LogP contribution in [-0.4, -0.2) is 72.5 Å². The first-order chi connectivity index (χ1) is 16.5. The van der Waals surface area contributed by atoms with Crippen molar-refractivity contribution in [3.63, 3.8) is 0 Å². The van der Waals surface area contributed by atoms with Crippen LogP contribution in [0.1, 0.15) is 34.6 Å². The molecule has 1 unspecified atom stereocenters. The molecule has 1 N–H and O–H groups in total. The molecule has 0 saturated carbocycles. The van der Waals surface area contributed by atoms with E-state index in [1.807, 2.05) is 17.0 Å². The Morgan fingerprint density at radius 3 is 2.12 bits per heavy atom. The fraction of sp³-hybridized carbons (Fsp3) is 0.519. The maximum atomic E-state index is 12.9. The summed E-state index contributed by atoms with van der Waals surface area (Å²) in [5.41, 5.74) is 4.96. The third-order valence-corrected chi connectivity index (χ3v) is 7.23. The van der Waals surface area contributed by atoms with Gasteiger partial charge in [-0.1, -0.05) is 0 Å². The number of quaternary nitrogens is 1. The lowest BCUT2D eigenvalue weighted by Gasteiger charge is -2.32. The summed E-state index contributed by atoms with van der Waals surface area (Å²) < 4.78 is 21.8. The molecule has 2 aliphatic rings. The molecule has 0 saturated heterocycles. The molecule has 0 radical (unpaired) electrons. The molecule has 2 aromatic rings. The van der Waals surface area contributed by atoms with Crippen LogP contribution in [0, 0.1) is 0 Å². The number of nitrogens with zero attached hydrogens (tertiary/aromatic N) is 1. The van der Waals surface area contributed by atoms with Crippen LogP contribution in [0.25, 0.3) is 0 Å². The highest BCUT2D eigenvalue weighted by Crippen LogP contribution is 2.41. The molecule has 2 atom stereocenters.